The fourth-order valence-electron chi connectivity index (χ4n) is 3.16. The van der Waals surface area contributed by atoms with Crippen LogP contribution in [0.3, 0.4) is 0 Å². The molecule has 2 N–H and O–H groups in total. The Morgan fingerprint density at radius 3 is 2.89 bits per heavy atom. The Hall–Kier alpha value is -3.13. The molecule has 0 spiro atoms. The van der Waals surface area contributed by atoms with Crippen LogP contribution in [0.1, 0.15) is 0 Å². The molecule has 142 valence electrons. The zero-order valence-corrected chi connectivity index (χ0v) is 15.8. The number of hydrogen-bond acceptors (Lipinski definition) is 6. The number of thioether (sulfide) groups is 1. The molecule has 0 saturated carbocycles. The molecule has 2 aromatic rings. The summed E-state index contributed by atoms with van der Waals surface area (Å²) in [4.78, 5) is 16.9. The second kappa shape index (κ2) is 7.85. The number of nitrogens with one attached hydrogen (secondary N) is 1. The molecule has 28 heavy (non-hydrogen) atoms. The van der Waals surface area contributed by atoms with E-state index in [1.165, 1.54) is 11.8 Å². The van der Waals surface area contributed by atoms with E-state index in [0.29, 0.717) is 34.7 Å². The summed E-state index contributed by atoms with van der Waals surface area (Å²) in [6.07, 6.45) is 9.33. The van der Waals surface area contributed by atoms with Gasteiger partial charge in [-0.15, -0.1) is 16.8 Å². The fraction of sp³-hybridized carbons (Fsp3) is 0.200. The van der Waals surface area contributed by atoms with Crippen molar-refractivity contribution in [3.63, 3.8) is 0 Å². The van der Waals surface area contributed by atoms with Crippen LogP contribution in [0.5, 0.6) is 5.75 Å². The molecule has 2 aliphatic rings. The third kappa shape index (κ3) is 3.50. The van der Waals surface area contributed by atoms with E-state index in [-0.39, 0.29) is 23.6 Å². The summed E-state index contributed by atoms with van der Waals surface area (Å²) in [6.45, 7) is 4.29. The van der Waals surface area contributed by atoms with Gasteiger partial charge in [0.2, 0.25) is 5.91 Å². The average Bonchev–Trinajstić information content (AvgIpc) is 3.09. The SMILES string of the molecule is C=CCn1c(SCC2=N[C@H]3C=CC=C[C@@H]3C(=O)N2)nnc1-c1ccccc1O. The van der Waals surface area contributed by atoms with E-state index in [2.05, 4.69) is 27.1 Å². The van der Waals surface area contributed by atoms with Crippen LogP contribution in [0.25, 0.3) is 11.4 Å². The van der Waals surface area contributed by atoms with Crippen LogP contribution in [0.15, 0.2) is 71.4 Å². The van der Waals surface area contributed by atoms with Gasteiger partial charge in [0.25, 0.3) is 0 Å². The Bertz CT molecular complexity index is 1010. The van der Waals surface area contributed by atoms with Crippen molar-refractivity contribution < 1.29 is 9.90 Å². The van der Waals surface area contributed by atoms with E-state index in [9.17, 15) is 9.90 Å². The predicted molar refractivity (Wildman–Crippen MR) is 109 cm³/mol. The molecule has 2 atom stereocenters. The number of aromatic nitrogens is 3. The Balaban J connectivity index is 1.56. The molecule has 1 aliphatic heterocycles. The summed E-state index contributed by atoms with van der Waals surface area (Å²) in [6, 6.07) is 6.85. The molecule has 8 heteroatoms. The van der Waals surface area contributed by atoms with Crippen LogP contribution >= 0.6 is 11.8 Å². The number of hydrogen-bond donors (Lipinski definition) is 2. The summed E-state index contributed by atoms with van der Waals surface area (Å²) in [5.41, 5.74) is 0.606. The molecule has 4 rings (SSSR count). The first-order chi connectivity index (χ1) is 13.7. The Kier molecular flexibility index (Phi) is 5.12. The standard InChI is InChI=1S/C20H19N5O2S/c1-2-11-25-18(14-8-4-6-10-16(14)26)23-24-20(25)28-12-17-21-15-9-5-3-7-13(15)19(27)22-17/h2-10,13,15,26H,1,11-12H2,(H,21,22,27)/t13-,15-/m0/s1. The van der Waals surface area contributed by atoms with Gasteiger partial charge in [-0.25, -0.2) is 0 Å². The topological polar surface area (TPSA) is 92.4 Å². The lowest BCUT2D eigenvalue weighted by Crippen LogP contribution is -2.45. The van der Waals surface area contributed by atoms with Crippen molar-refractivity contribution in [2.45, 2.75) is 17.7 Å². The maximum absolute atomic E-state index is 12.3. The minimum absolute atomic E-state index is 0.0429. The quantitative estimate of drug-likeness (QED) is 0.581. The predicted octanol–water partition coefficient (Wildman–Crippen LogP) is 2.57. The van der Waals surface area contributed by atoms with Crippen LogP contribution < -0.4 is 5.32 Å². The lowest BCUT2D eigenvalue weighted by atomic mass is 9.93. The largest absolute Gasteiger partial charge is 0.507 e. The Morgan fingerprint density at radius 1 is 1.25 bits per heavy atom. The first kappa shape index (κ1) is 18.2. The third-order valence-corrected chi connectivity index (χ3v) is 5.47. The first-order valence-corrected chi connectivity index (χ1v) is 9.83. The molecule has 1 aliphatic carbocycles. The van der Waals surface area contributed by atoms with Crippen molar-refractivity contribution in [2.75, 3.05) is 5.75 Å². The third-order valence-electron chi connectivity index (χ3n) is 4.49. The summed E-state index contributed by atoms with van der Waals surface area (Å²) in [5, 5.41) is 22.2. The van der Waals surface area contributed by atoms with Crippen molar-refractivity contribution in [1.29, 1.82) is 0 Å². The van der Waals surface area contributed by atoms with Gasteiger partial charge in [-0.1, -0.05) is 54.3 Å². The second-order valence-electron chi connectivity index (χ2n) is 6.36. The number of amidine groups is 1. The van der Waals surface area contributed by atoms with Gasteiger partial charge >= 0.3 is 0 Å². The van der Waals surface area contributed by atoms with E-state index in [4.69, 9.17) is 0 Å². The van der Waals surface area contributed by atoms with Gasteiger partial charge in [0.1, 0.15) is 11.6 Å². The second-order valence-corrected chi connectivity index (χ2v) is 7.31. The molecule has 2 heterocycles. The van der Waals surface area contributed by atoms with Gasteiger partial charge in [0, 0.05) is 6.54 Å². The average molecular weight is 393 g/mol. The van der Waals surface area contributed by atoms with Crippen LogP contribution in [-0.4, -0.2) is 43.4 Å². The van der Waals surface area contributed by atoms with Crippen molar-refractivity contribution in [2.24, 2.45) is 10.9 Å². The van der Waals surface area contributed by atoms with Crippen molar-refractivity contribution in [3.8, 4) is 17.1 Å². The van der Waals surface area contributed by atoms with Crippen molar-refractivity contribution in [3.05, 3.63) is 61.2 Å². The highest BCUT2D eigenvalue weighted by molar-refractivity contribution is 7.99. The number of nitrogens with zero attached hydrogens (tertiary/aromatic N) is 4. The monoisotopic (exact) mass is 393 g/mol. The van der Waals surface area contributed by atoms with Crippen LogP contribution in [0.4, 0.5) is 0 Å². The van der Waals surface area contributed by atoms with Crippen molar-refractivity contribution >= 4 is 23.5 Å². The Labute approximate surface area is 166 Å². The van der Waals surface area contributed by atoms with Crippen molar-refractivity contribution in [1.82, 2.24) is 20.1 Å². The molecule has 1 aromatic carbocycles. The number of aliphatic imine (C=N–C) groups is 1. The van der Waals surface area contributed by atoms with Gasteiger partial charge in [0.15, 0.2) is 11.0 Å². The van der Waals surface area contributed by atoms with E-state index < -0.39 is 0 Å². The molecule has 7 nitrogen and oxygen atoms in total. The number of benzene rings is 1. The van der Waals surface area contributed by atoms with Crippen LogP contribution in [-0.2, 0) is 11.3 Å². The number of phenolic OH excluding ortho intramolecular Hbond substituents is 1. The Morgan fingerprint density at radius 2 is 2.07 bits per heavy atom. The highest BCUT2D eigenvalue weighted by atomic mass is 32.2. The minimum Gasteiger partial charge on any atom is -0.507 e. The normalized spacial score (nSPS) is 20.4. The van der Waals surface area contributed by atoms with Gasteiger partial charge < -0.3 is 10.4 Å². The highest BCUT2D eigenvalue weighted by Gasteiger charge is 2.30. The molecule has 0 radical (unpaired) electrons. The summed E-state index contributed by atoms with van der Waals surface area (Å²) in [7, 11) is 0. The van der Waals surface area contributed by atoms with E-state index in [1.54, 1.807) is 24.3 Å². The summed E-state index contributed by atoms with van der Waals surface area (Å²) in [5.74, 6) is 1.50. The highest BCUT2D eigenvalue weighted by Crippen LogP contribution is 2.30. The number of fused-ring (bicyclic) bond motifs is 1. The number of carbonyl (C=O) groups is 1. The fourth-order valence-corrected chi connectivity index (χ4v) is 3.98. The molecular weight excluding hydrogens is 374 g/mol. The molecule has 0 bridgehead atoms. The number of amides is 1. The number of allylic oxidation sites excluding steroid dienone is 3. The van der Waals surface area contributed by atoms with Gasteiger partial charge in [-0.05, 0) is 12.1 Å². The molecular formula is C20H19N5O2S. The minimum atomic E-state index is -0.240. The molecule has 1 amide bonds. The lowest BCUT2D eigenvalue weighted by molar-refractivity contribution is -0.122. The summed E-state index contributed by atoms with van der Waals surface area (Å²) < 4.78 is 1.88. The van der Waals surface area contributed by atoms with E-state index >= 15 is 0 Å². The van der Waals surface area contributed by atoms with Gasteiger partial charge in [-0.3, -0.25) is 14.4 Å². The van der Waals surface area contributed by atoms with Gasteiger partial charge in [-0.2, -0.15) is 0 Å². The number of para-hydroxylation sites is 1. The van der Waals surface area contributed by atoms with E-state index in [1.807, 2.05) is 34.9 Å². The van der Waals surface area contributed by atoms with Gasteiger partial charge in [0.05, 0.1) is 23.3 Å². The lowest BCUT2D eigenvalue weighted by Gasteiger charge is -2.26. The molecule has 0 fully saturated rings. The molecule has 1 aromatic heterocycles. The maximum atomic E-state index is 12.3. The maximum Gasteiger partial charge on any atom is 0.234 e. The summed E-state index contributed by atoms with van der Waals surface area (Å²) >= 11 is 1.43. The van der Waals surface area contributed by atoms with E-state index in [0.717, 1.165) is 0 Å². The molecule has 0 unspecified atom stereocenters. The number of rotatable bonds is 6. The molecule has 0 saturated heterocycles. The number of phenols is 1. The van der Waals surface area contributed by atoms with Crippen LogP contribution in [0.2, 0.25) is 0 Å². The number of aromatic hydroxyl groups is 1. The van der Waals surface area contributed by atoms with Crippen LogP contribution in [0, 0.1) is 5.92 Å². The number of carbonyl (C=O) groups excluding carboxylic acids is 1. The zero-order valence-electron chi connectivity index (χ0n) is 15.0. The zero-order chi connectivity index (χ0) is 19.5. The first-order valence-electron chi connectivity index (χ1n) is 8.85. The smallest absolute Gasteiger partial charge is 0.234 e.